The predicted molar refractivity (Wildman–Crippen MR) is 87.2 cm³/mol. The number of nitrogens with one attached hydrogen (secondary N) is 1. The van der Waals surface area contributed by atoms with Crippen LogP contribution in [-0.4, -0.2) is 35.0 Å². The molecule has 1 aromatic heterocycles. The standard InChI is InChI=1S/C15H17BrN4O/c16-11-8-10-2-1-3-13(14(10)18-9-11)19-12-4-6-20(7-5-12)15(17)21/h1-3,8-9,12,19H,4-7H2,(H2,17,21). The SMILES string of the molecule is NC(=O)N1CCC(Nc2cccc3cc(Br)cnc23)CC1. The zero-order chi connectivity index (χ0) is 14.8. The summed E-state index contributed by atoms with van der Waals surface area (Å²) in [5, 5.41) is 4.65. The van der Waals surface area contributed by atoms with E-state index in [1.807, 2.05) is 24.4 Å². The van der Waals surface area contributed by atoms with Crippen LogP contribution in [0.15, 0.2) is 34.9 Å². The van der Waals surface area contributed by atoms with Crippen molar-refractivity contribution in [2.75, 3.05) is 18.4 Å². The van der Waals surface area contributed by atoms with Gasteiger partial charge in [-0.1, -0.05) is 12.1 Å². The summed E-state index contributed by atoms with van der Waals surface area (Å²) < 4.78 is 0.974. The number of carbonyl (C=O) groups excluding carboxylic acids is 1. The van der Waals surface area contributed by atoms with E-state index in [-0.39, 0.29) is 6.03 Å². The average molecular weight is 349 g/mol. The van der Waals surface area contributed by atoms with Gasteiger partial charge in [-0.05, 0) is 40.9 Å². The normalized spacial score (nSPS) is 16.1. The molecule has 2 amide bonds. The number of nitrogens with two attached hydrogens (primary N) is 1. The molecule has 1 aliphatic heterocycles. The third kappa shape index (κ3) is 3.10. The Morgan fingerprint density at radius 1 is 1.38 bits per heavy atom. The highest BCUT2D eigenvalue weighted by molar-refractivity contribution is 9.10. The number of halogens is 1. The number of rotatable bonds is 2. The monoisotopic (exact) mass is 348 g/mol. The summed E-state index contributed by atoms with van der Waals surface area (Å²) in [6.07, 6.45) is 3.61. The van der Waals surface area contributed by atoms with E-state index in [1.54, 1.807) is 4.90 Å². The van der Waals surface area contributed by atoms with Gasteiger partial charge in [0.15, 0.2) is 0 Å². The number of amides is 2. The number of anilines is 1. The van der Waals surface area contributed by atoms with E-state index in [2.05, 4.69) is 32.3 Å². The number of piperidine rings is 1. The first-order valence-electron chi connectivity index (χ1n) is 6.98. The van der Waals surface area contributed by atoms with Crippen molar-refractivity contribution in [2.24, 2.45) is 5.73 Å². The van der Waals surface area contributed by atoms with Crippen LogP contribution in [0.5, 0.6) is 0 Å². The van der Waals surface area contributed by atoms with Gasteiger partial charge >= 0.3 is 6.03 Å². The van der Waals surface area contributed by atoms with Crippen LogP contribution in [0.25, 0.3) is 10.9 Å². The second-order valence-electron chi connectivity index (χ2n) is 5.27. The second kappa shape index (κ2) is 5.89. The molecule has 1 aliphatic rings. The lowest BCUT2D eigenvalue weighted by Gasteiger charge is -2.31. The van der Waals surface area contributed by atoms with Crippen LogP contribution in [0.4, 0.5) is 10.5 Å². The average Bonchev–Trinajstić information content (AvgIpc) is 2.47. The van der Waals surface area contributed by atoms with Crippen molar-refractivity contribution in [3.8, 4) is 0 Å². The zero-order valence-corrected chi connectivity index (χ0v) is 13.1. The molecule has 2 aromatic rings. The van der Waals surface area contributed by atoms with Gasteiger partial charge in [-0.3, -0.25) is 4.98 Å². The highest BCUT2D eigenvalue weighted by atomic mass is 79.9. The van der Waals surface area contributed by atoms with Crippen molar-refractivity contribution in [1.29, 1.82) is 0 Å². The second-order valence-corrected chi connectivity index (χ2v) is 6.19. The van der Waals surface area contributed by atoms with E-state index in [0.29, 0.717) is 19.1 Å². The molecular formula is C15H17BrN4O. The Hall–Kier alpha value is -1.82. The summed E-state index contributed by atoms with van der Waals surface area (Å²) in [6, 6.07) is 8.19. The van der Waals surface area contributed by atoms with Crippen molar-refractivity contribution in [3.63, 3.8) is 0 Å². The number of pyridine rings is 1. The third-order valence-corrected chi connectivity index (χ3v) is 4.28. The Labute approximate surface area is 131 Å². The molecule has 0 aliphatic carbocycles. The first-order chi connectivity index (χ1) is 10.1. The minimum absolute atomic E-state index is 0.329. The molecule has 5 nitrogen and oxygen atoms in total. The van der Waals surface area contributed by atoms with Gasteiger partial charge < -0.3 is 16.0 Å². The van der Waals surface area contributed by atoms with Gasteiger partial charge in [0, 0.05) is 35.2 Å². The molecule has 21 heavy (non-hydrogen) atoms. The fourth-order valence-electron chi connectivity index (χ4n) is 2.71. The van der Waals surface area contributed by atoms with Gasteiger partial charge in [-0.25, -0.2) is 4.79 Å². The van der Waals surface area contributed by atoms with Gasteiger partial charge in [0.05, 0.1) is 11.2 Å². The van der Waals surface area contributed by atoms with Crippen molar-refractivity contribution in [3.05, 3.63) is 34.9 Å². The number of primary amides is 1. The highest BCUT2D eigenvalue weighted by Crippen LogP contribution is 2.26. The molecule has 6 heteroatoms. The minimum atomic E-state index is -0.329. The van der Waals surface area contributed by atoms with E-state index in [1.165, 1.54) is 0 Å². The summed E-state index contributed by atoms with van der Waals surface area (Å²) in [7, 11) is 0. The zero-order valence-electron chi connectivity index (χ0n) is 11.6. The smallest absolute Gasteiger partial charge is 0.314 e. The fraction of sp³-hybridized carbons (Fsp3) is 0.333. The third-order valence-electron chi connectivity index (χ3n) is 3.84. The Kier molecular flexibility index (Phi) is 3.96. The Bertz CT molecular complexity index is 668. The number of nitrogens with zero attached hydrogens (tertiary/aromatic N) is 2. The molecule has 110 valence electrons. The lowest BCUT2D eigenvalue weighted by atomic mass is 10.0. The van der Waals surface area contributed by atoms with Crippen LogP contribution in [0.1, 0.15) is 12.8 Å². The first-order valence-corrected chi connectivity index (χ1v) is 7.78. The molecule has 1 saturated heterocycles. The summed E-state index contributed by atoms with van der Waals surface area (Å²) in [5.41, 5.74) is 7.32. The van der Waals surface area contributed by atoms with Gasteiger partial charge in [-0.2, -0.15) is 0 Å². The molecule has 3 rings (SSSR count). The van der Waals surface area contributed by atoms with Crippen molar-refractivity contribution < 1.29 is 4.79 Å². The minimum Gasteiger partial charge on any atom is -0.380 e. The molecule has 0 unspecified atom stereocenters. The molecule has 0 saturated carbocycles. The van der Waals surface area contributed by atoms with Gasteiger partial charge in [-0.15, -0.1) is 0 Å². The molecule has 1 fully saturated rings. The molecule has 1 aromatic carbocycles. The lowest BCUT2D eigenvalue weighted by Crippen LogP contribution is -2.44. The first kappa shape index (κ1) is 14.1. The van der Waals surface area contributed by atoms with Crippen LogP contribution in [0, 0.1) is 0 Å². The summed E-state index contributed by atoms with van der Waals surface area (Å²) in [5.74, 6) is 0. The number of para-hydroxylation sites is 1. The van der Waals surface area contributed by atoms with Crippen LogP contribution < -0.4 is 11.1 Å². The largest absolute Gasteiger partial charge is 0.380 e. The number of benzene rings is 1. The van der Waals surface area contributed by atoms with Gasteiger partial charge in [0.25, 0.3) is 0 Å². The predicted octanol–water partition coefficient (Wildman–Crippen LogP) is 2.95. The molecule has 0 atom stereocenters. The van der Waals surface area contributed by atoms with E-state index in [4.69, 9.17) is 5.73 Å². The van der Waals surface area contributed by atoms with Crippen LogP contribution >= 0.6 is 15.9 Å². The number of hydrogen-bond acceptors (Lipinski definition) is 3. The Morgan fingerprint density at radius 3 is 2.86 bits per heavy atom. The summed E-state index contributed by atoms with van der Waals surface area (Å²) in [4.78, 5) is 17.3. The maximum atomic E-state index is 11.1. The van der Waals surface area contributed by atoms with Gasteiger partial charge in [0.1, 0.15) is 0 Å². The summed E-state index contributed by atoms with van der Waals surface area (Å²) in [6.45, 7) is 1.41. The number of likely N-dealkylation sites (tertiary alicyclic amines) is 1. The molecule has 0 spiro atoms. The maximum absolute atomic E-state index is 11.1. The maximum Gasteiger partial charge on any atom is 0.314 e. The number of carbonyl (C=O) groups is 1. The van der Waals surface area contributed by atoms with E-state index in [0.717, 1.165) is 33.9 Å². The molecule has 3 N–H and O–H groups in total. The van der Waals surface area contributed by atoms with Crippen molar-refractivity contribution in [1.82, 2.24) is 9.88 Å². The van der Waals surface area contributed by atoms with Crippen LogP contribution in [0.3, 0.4) is 0 Å². The van der Waals surface area contributed by atoms with Gasteiger partial charge in [0.2, 0.25) is 0 Å². The van der Waals surface area contributed by atoms with Crippen LogP contribution in [-0.2, 0) is 0 Å². The number of hydrogen-bond donors (Lipinski definition) is 2. The fourth-order valence-corrected chi connectivity index (χ4v) is 3.06. The van der Waals surface area contributed by atoms with Crippen molar-refractivity contribution in [2.45, 2.75) is 18.9 Å². The topological polar surface area (TPSA) is 71.2 Å². The van der Waals surface area contributed by atoms with E-state index in [9.17, 15) is 4.79 Å². The molecule has 0 radical (unpaired) electrons. The van der Waals surface area contributed by atoms with Crippen molar-refractivity contribution >= 4 is 38.6 Å². The lowest BCUT2D eigenvalue weighted by molar-refractivity contribution is 0.193. The van der Waals surface area contributed by atoms with E-state index < -0.39 is 0 Å². The Morgan fingerprint density at radius 2 is 2.14 bits per heavy atom. The van der Waals surface area contributed by atoms with E-state index >= 15 is 0 Å². The summed E-state index contributed by atoms with van der Waals surface area (Å²) >= 11 is 3.44. The molecule has 0 bridgehead atoms. The number of urea groups is 1. The number of fused-ring (bicyclic) bond motifs is 1. The quantitative estimate of drug-likeness (QED) is 0.876. The van der Waals surface area contributed by atoms with Crippen LogP contribution in [0.2, 0.25) is 0 Å². The number of aromatic nitrogens is 1. The Balaban J connectivity index is 1.75. The molecular weight excluding hydrogens is 332 g/mol. The molecule has 2 heterocycles. The highest BCUT2D eigenvalue weighted by Gasteiger charge is 2.21.